The minimum absolute atomic E-state index is 0.0649. The molecule has 0 aliphatic carbocycles. The Balaban J connectivity index is 2.97. The van der Waals surface area contributed by atoms with Crippen LogP contribution in [0.1, 0.15) is 70.8 Å². The van der Waals surface area contributed by atoms with Crippen LogP contribution in [0.25, 0.3) is 0 Å². The van der Waals surface area contributed by atoms with Crippen LogP contribution >= 0.6 is 0 Å². The summed E-state index contributed by atoms with van der Waals surface area (Å²) in [5.41, 5.74) is -0.0441. The Hall–Kier alpha value is -2.68. The summed E-state index contributed by atoms with van der Waals surface area (Å²) in [6.07, 6.45) is 5.92. The van der Waals surface area contributed by atoms with Gasteiger partial charge in [0.05, 0.1) is 11.1 Å². The molecule has 6 heteroatoms. The van der Waals surface area contributed by atoms with Crippen LogP contribution in [0.5, 0.6) is 5.75 Å². The maximum Gasteiger partial charge on any atom is 0.410 e. The summed E-state index contributed by atoms with van der Waals surface area (Å²) < 4.78 is 5.45. The quantitative estimate of drug-likeness (QED) is 0.604. The number of terminal acetylenes is 1. The van der Waals surface area contributed by atoms with Gasteiger partial charge in [-0.25, -0.2) is 4.79 Å². The smallest absolute Gasteiger partial charge is 0.410 e. The predicted molar refractivity (Wildman–Crippen MR) is 124 cm³/mol. The summed E-state index contributed by atoms with van der Waals surface area (Å²) in [5.74, 6) is 2.29. The Bertz CT molecular complexity index is 805. The van der Waals surface area contributed by atoms with E-state index < -0.39 is 5.60 Å². The molecule has 0 radical (unpaired) electrons. The molecule has 2 unspecified atom stereocenters. The van der Waals surface area contributed by atoms with Gasteiger partial charge >= 0.3 is 6.09 Å². The number of phenolic OH excluding ortho intramolecular Hbond substituents is 1. The monoisotopic (exact) mass is 430 g/mol. The van der Waals surface area contributed by atoms with E-state index in [-0.39, 0.29) is 41.2 Å². The molecule has 6 nitrogen and oxygen atoms in total. The van der Waals surface area contributed by atoms with Crippen molar-refractivity contribution in [1.29, 1.82) is 0 Å². The third-order valence-electron chi connectivity index (χ3n) is 5.33. The molecule has 0 saturated heterocycles. The zero-order valence-corrected chi connectivity index (χ0v) is 20.2. The highest BCUT2D eigenvalue weighted by Gasteiger charge is 2.28. The number of aromatic hydroxyl groups is 1. The fourth-order valence-electron chi connectivity index (χ4n) is 3.45. The highest BCUT2D eigenvalue weighted by Crippen LogP contribution is 2.26. The van der Waals surface area contributed by atoms with Crippen LogP contribution in [0.4, 0.5) is 4.79 Å². The van der Waals surface area contributed by atoms with Crippen molar-refractivity contribution in [2.75, 3.05) is 20.1 Å². The number of ether oxygens (including phenoxy) is 1. The number of carbonyl (C=O) groups is 2. The molecule has 0 aliphatic heterocycles. The molecule has 0 aromatic heterocycles. The van der Waals surface area contributed by atoms with Crippen molar-refractivity contribution in [3.63, 3.8) is 0 Å². The number of amides is 2. The molecule has 2 amide bonds. The maximum absolute atomic E-state index is 13.2. The van der Waals surface area contributed by atoms with Gasteiger partial charge in [0.25, 0.3) is 5.91 Å². The second-order valence-electron chi connectivity index (χ2n) is 9.40. The molecule has 1 aromatic rings. The summed E-state index contributed by atoms with van der Waals surface area (Å²) >= 11 is 0. The van der Waals surface area contributed by atoms with Gasteiger partial charge < -0.3 is 19.6 Å². The van der Waals surface area contributed by atoms with Crippen LogP contribution in [0.3, 0.4) is 0 Å². The van der Waals surface area contributed by atoms with E-state index in [0.29, 0.717) is 18.7 Å². The van der Waals surface area contributed by atoms with E-state index in [4.69, 9.17) is 11.2 Å². The number of nitrogens with zero attached hydrogens (tertiary/aromatic N) is 2. The predicted octanol–water partition coefficient (Wildman–Crippen LogP) is 4.75. The van der Waals surface area contributed by atoms with Gasteiger partial charge in [-0.15, -0.1) is 6.42 Å². The third-order valence-corrected chi connectivity index (χ3v) is 5.33. The molecule has 0 spiro atoms. The summed E-state index contributed by atoms with van der Waals surface area (Å²) in [4.78, 5) is 28.9. The van der Waals surface area contributed by atoms with Crippen LogP contribution in [-0.2, 0) is 4.74 Å². The number of hydrogen-bond donors (Lipinski definition) is 1. The number of hydrogen-bond acceptors (Lipinski definition) is 4. The van der Waals surface area contributed by atoms with Crippen LogP contribution in [0.15, 0.2) is 18.2 Å². The van der Waals surface area contributed by atoms with Crippen molar-refractivity contribution in [3.8, 4) is 18.1 Å². The molecule has 2 atom stereocenters. The fraction of sp³-hybridized carbons (Fsp3) is 0.600. The second-order valence-corrected chi connectivity index (χ2v) is 9.40. The summed E-state index contributed by atoms with van der Waals surface area (Å²) in [7, 11) is 1.73. The first-order valence-corrected chi connectivity index (χ1v) is 10.9. The number of para-hydroxylation sites is 1. The van der Waals surface area contributed by atoms with E-state index in [0.717, 1.165) is 6.42 Å². The number of benzene rings is 1. The molecule has 31 heavy (non-hydrogen) atoms. The first-order chi connectivity index (χ1) is 14.3. The zero-order valence-electron chi connectivity index (χ0n) is 20.2. The van der Waals surface area contributed by atoms with Gasteiger partial charge in [-0.3, -0.25) is 4.79 Å². The first kappa shape index (κ1) is 26.4. The van der Waals surface area contributed by atoms with Crippen molar-refractivity contribution in [3.05, 3.63) is 29.3 Å². The highest BCUT2D eigenvalue weighted by atomic mass is 16.6. The molecule has 1 rings (SSSR count). The first-order valence-electron chi connectivity index (χ1n) is 10.9. The topological polar surface area (TPSA) is 70.1 Å². The van der Waals surface area contributed by atoms with Crippen LogP contribution < -0.4 is 0 Å². The van der Waals surface area contributed by atoms with E-state index in [2.05, 4.69) is 19.8 Å². The SMILES string of the molecule is C#Cc1cccc(C(=O)N(CC(C)C(CC)CN(C)C(=O)OC(C)(C)C)C(C)C)c1O. The minimum atomic E-state index is -0.547. The van der Waals surface area contributed by atoms with Crippen molar-refractivity contribution in [2.24, 2.45) is 11.8 Å². The van der Waals surface area contributed by atoms with Crippen molar-refractivity contribution >= 4 is 12.0 Å². The lowest BCUT2D eigenvalue weighted by Gasteiger charge is -2.35. The molecule has 0 saturated carbocycles. The Morgan fingerprint density at radius 1 is 1.19 bits per heavy atom. The van der Waals surface area contributed by atoms with Gasteiger partial charge in [0.1, 0.15) is 11.4 Å². The van der Waals surface area contributed by atoms with Crippen molar-refractivity contribution in [2.45, 2.75) is 66.5 Å². The molecular weight excluding hydrogens is 392 g/mol. The number of carbonyl (C=O) groups excluding carboxylic acids is 2. The van der Waals surface area contributed by atoms with Gasteiger partial charge in [0.15, 0.2) is 0 Å². The number of rotatable bonds is 8. The molecule has 0 heterocycles. The molecular formula is C25H38N2O4. The van der Waals surface area contributed by atoms with Crippen LogP contribution in [-0.4, -0.2) is 58.7 Å². The zero-order chi connectivity index (χ0) is 23.9. The largest absolute Gasteiger partial charge is 0.506 e. The molecule has 0 fully saturated rings. The average Bonchev–Trinajstić information content (AvgIpc) is 2.67. The molecule has 0 aliphatic rings. The summed E-state index contributed by atoms with van der Waals surface area (Å²) in [5, 5.41) is 10.4. The molecule has 172 valence electrons. The van der Waals surface area contributed by atoms with Crippen molar-refractivity contribution < 1.29 is 19.4 Å². The summed E-state index contributed by atoms with van der Waals surface area (Å²) in [6, 6.07) is 4.81. The third kappa shape index (κ3) is 7.50. The van der Waals surface area contributed by atoms with E-state index >= 15 is 0 Å². The van der Waals surface area contributed by atoms with Gasteiger partial charge in [0, 0.05) is 26.2 Å². The molecule has 0 bridgehead atoms. The lowest BCUT2D eigenvalue weighted by molar-refractivity contribution is 0.0242. The Labute approximate surface area is 187 Å². The van der Waals surface area contributed by atoms with Crippen molar-refractivity contribution in [1.82, 2.24) is 9.80 Å². The lowest BCUT2D eigenvalue weighted by atomic mass is 9.90. The normalized spacial score (nSPS) is 13.3. The second kappa shape index (κ2) is 11.1. The average molecular weight is 431 g/mol. The highest BCUT2D eigenvalue weighted by molar-refractivity contribution is 5.97. The number of phenols is 1. The van der Waals surface area contributed by atoms with Crippen LogP contribution in [0.2, 0.25) is 0 Å². The van der Waals surface area contributed by atoms with E-state index in [9.17, 15) is 14.7 Å². The lowest BCUT2D eigenvalue weighted by Crippen LogP contribution is -2.44. The summed E-state index contributed by atoms with van der Waals surface area (Å²) in [6.45, 7) is 14.6. The Morgan fingerprint density at radius 2 is 1.81 bits per heavy atom. The van der Waals surface area contributed by atoms with Gasteiger partial charge in [-0.05, 0) is 58.6 Å². The van der Waals surface area contributed by atoms with Gasteiger partial charge in [-0.2, -0.15) is 0 Å². The fourth-order valence-corrected chi connectivity index (χ4v) is 3.45. The van der Waals surface area contributed by atoms with E-state index in [1.807, 2.05) is 34.6 Å². The van der Waals surface area contributed by atoms with E-state index in [1.165, 1.54) is 0 Å². The minimum Gasteiger partial charge on any atom is -0.506 e. The Kier molecular flexibility index (Phi) is 9.42. The molecule has 1 aromatic carbocycles. The van der Waals surface area contributed by atoms with Gasteiger partial charge in [0.2, 0.25) is 0 Å². The standard InChI is InChI=1S/C25H38N2O4/c1-10-19-13-12-14-21(22(19)28)23(29)27(17(3)4)15-18(5)20(11-2)16-26(9)24(30)31-25(6,7)8/h1,12-14,17-18,20,28H,11,15-16H2,2-9H3. The molecule has 1 N–H and O–H groups in total. The van der Waals surface area contributed by atoms with Crippen LogP contribution in [0, 0.1) is 24.2 Å². The maximum atomic E-state index is 13.2. The van der Waals surface area contributed by atoms with Gasteiger partial charge in [-0.1, -0.05) is 32.3 Å². The Morgan fingerprint density at radius 3 is 2.29 bits per heavy atom. The van der Waals surface area contributed by atoms with E-state index in [1.54, 1.807) is 35.0 Å².